The third-order valence-corrected chi connectivity index (χ3v) is 2.84. The Kier molecular flexibility index (Phi) is 3.22. The van der Waals surface area contributed by atoms with Gasteiger partial charge in [0.1, 0.15) is 0 Å². The van der Waals surface area contributed by atoms with Crippen LogP contribution in [0.5, 0.6) is 0 Å². The maximum atomic E-state index is 11.2. The van der Waals surface area contributed by atoms with Crippen LogP contribution in [0.15, 0.2) is 30.3 Å². The predicted molar refractivity (Wildman–Crippen MR) is 54.8 cm³/mol. The molecule has 70 valence electrons. The summed E-state index contributed by atoms with van der Waals surface area (Å²) in [6.45, 7) is 1.38. The predicted octanol–water partition coefficient (Wildman–Crippen LogP) is 1.86. The summed E-state index contributed by atoms with van der Waals surface area (Å²) in [4.78, 5) is 11.2. The molecule has 0 saturated carbocycles. The van der Waals surface area contributed by atoms with Crippen LogP contribution in [0.1, 0.15) is 12.5 Å². The van der Waals surface area contributed by atoms with E-state index >= 15 is 0 Å². The molecule has 0 radical (unpaired) electrons. The summed E-state index contributed by atoms with van der Waals surface area (Å²) in [5.74, 6) is -0.254. The highest BCUT2D eigenvalue weighted by atomic mass is 79.9. The molecule has 0 bridgehead atoms. The van der Waals surface area contributed by atoms with E-state index in [4.69, 9.17) is 0 Å². The first-order valence-corrected chi connectivity index (χ1v) is 5.08. The second-order valence-electron chi connectivity index (χ2n) is 2.92. The zero-order valence-electron chi connectivity index (χ0n) is 7.33. The van der Waals surface area contributed by atoms with E-state index in [0.717, 1.165) is 0 Å². The molecule has 1 aromatic rings. The summed E-state index contributed by atoms with van der Waals surface area (Å²) in [5.41, 5.74) is -0.763. The van der Waals surface area contributed by atoms with Crippen LogP contribution in [-0.4, -0.2) is 16.2 Å². The molecule has 3 heteroatoms. The summed E-state index contributed by atoms with van der Waals surface area (Å²) >= 11 is 3.14. The lowest BCUT2D eigenvalue weighted by molar-refractivity contribution is -0.133. The number of Topliss-reactive ketones (excluding diaryl/α,β-unsaturated/α-hetero) is 1. The van der Waals surface area contributed by atoms with Crippen molar-refractivity contribution in [3.8, 4) is 0 Å². The van der Waals surface area contributed by atoms with E-state index in [1.165, 1.54) is 6.92 Å². The van der Waals surface area contributed by atoms with Gasteiger partial charge in [0.25, 0.3) is 0 Å². The molecule has 0 saturated heterocycles. The Labute approximate surface area is 85.7 Å². The minimum absolute atomic E-state index is 0.222. The molecular formula is C10H11BrO2. The van der Waals surface area contributed by atoms with Crippen molar-refractivity contribution in [1.82, 2.24) is 0 Å². The minimum atomic E-state index is -1.39. The summed E-state index contributed by atoms with van der Waals surface area (Å²) < 4.78 is 0. The zero-order valence-corrected chi connectivity index (χ0v) is 8.91. The molecule has 0 amide bonds. The number of carbonyl (C=O) groups is 1. The molecule has 1 atom stereocenters. The molecule has 1 unspecified atom stereocenters. The van der Waals surface area contributed by atoms with E-state index in [9.17, 15) is 9.90 Å². The molecule has 1 N–H and O–H groups in total. The first-order chi connectivity index (χ1) is 6.11. The molecule has 2 nitrogen and oxygen atoms in total. The van der Waals surface area contributed by atoms with Gasteiger partial charge in [-0.1, -0.05) is 46.3 Å². The van der Waals surface area contributed by atoms with E-state index in [2.05, 4.69) is 15.9 Å². The lowest BCUT2D eigenvalue weighted by Crippen LogP contribution is -2.35. The van der Waals surface area contributed by atoms with Crippen LogP contribution in [0, 0.1) is 0 Å². The second kappa shape index (κ2) is 4.03. The number of benzene rings is 1. The lowest BCUT2D eigenvalue weighted by atomic mass is 9.92. The molecule has 1 aromatic carbocycles. The van der Waals surface area contributed by atoms with Gasteiger partial charge in [-0.05, 0) is 12.5 Å². The van der Waals surface area contributed by atoms with Crippen molar-refractivity contribution < 1.29 is 9.90 Å². The van der Waals surface area contributed by atoms with Crippen molar-refractivity contribution in [3.63, 3.8) is 0 Å². The van der Waals surface area contributed by atoms with Crippen LogP contribution in [0.25, 0.3) is 0 Å². The molecule has 0 aliphatic carbocycles. The average molecular weight is 243 g/mol. The zero-order chi connectivity index (χ0) is 9.90. The fourth-order valence-electron chi connectivity index (χ4n) is 1.09. The third-order valence-electron chi connectivity index (χ3n) is 2.03. The van der Waals surface area contributed by atoms with Gasteiger partial charge in [-0.15, -0.1) is 0 Å². The van der Waals surface area contributed by atoms with E-state index in [0.29, 0.717) is 5.56 Å². The molecule has 0 aliphatic rings. The molecule has 0 fully saturated rings. The first-order valence-electron chi connectivity index (χ1n) is 3.96. The monoisotopic (exact) mass is 242 g/mol. The van der Waals surface area contributed by atoms with Gasteiger partial charge in [-0.2, -0.15) is 0 Å². The number of hydrogen-bond acceptors (Lipinski definition) is 2. The van der Waals surface area contributed by atoms with Gasteiger partial charge >= 0.3 is 0 Å². The highest BCUT2D eigenvalue weighted by Crippen LogP contribution is 2.24. The van der Waals surface area contributed by atoms with Crippen LogP contribution >= 0.6 is 15.9 Å². The van der Waals surface area contributed by atoms with Gasteiger partial charge < -0.3 is 5.11 Å². The minimum Gasteiger partial charge on any atom is -0.376 e. The molecule has 0 aromatic heterocycles. The van der Waals surface area contributed by atoms with Gasteiger partial charge in [0.05, 0.1) is 0 Å². The van der Waals surface area contributed by atoms with Crippen molar-refractivity contribution in [2.24, 2.45) is 0 Å². The molecule has 1 rings (SSSR count). The number of halogens is 1. The number of rotatable bonds is 3. The number of carbonyl (C=O) groups excluding carboxylic acids is 1. The SMILES string of the molecule is CC(=O)C(O)(CBr)c1ccccc1. The topological polar surface area (TPSA) is 37.3 Å². The smallest absolute Gasteiger partial charge is 0.166 e. The number of alkyl halides is 1. The van der Waals surface area contributed by atoms with E-state index in [1.54, 1.807) is 24.3 Å². The Hall–Kier alpha value is -0.670. The normalized spacial score (nSPS) is 15.0. The molecular weight excluding hydrogens is 232 g/mol. The highest BCUT2D eigenvalue weighted by molar-refractivity contribution is 9.09. The first kappa shape index (κ1) is 10.4. The maximum absolute atomic E-state index is 11.2. The summed E-state index contributed by atoms with van der Waals surface area (Å²) in [6, 6.07) is 8.92. The van der Waals surface area contributed by atoms with Crippen molar-refractivity contribution in [3.05, 3.63) is 35.9 Å². The molecule has 0 spiro atoms. The van der Waals surface area contributed by atoms with Crippen LogP contribution in [0.3, 0.4) is 0 Å². The summed E-state index contributed by atoms with van der Waals surface area (Å²) in [7, 11) is 0. The van der Waals surface area contributed by atoms with Gasteiger partial charge in [0.15, 0.2) is 11.4 Å². The fraction of sp³-hybridized carbons (Fsp3) is 0.300. The maximum Gasteiger partial charge on any atom is 0.166 e. The standard InChI is InChI=1S/C10H11BrO2/c1-8(12)10(13,7-11)9-5-3-2-4-6-9/h2-6,13H,7H2,1H3. The number of hydrogen-bond donors (Lipinski definition) is 1. The Morgan fingerprint density at radius 3 is 2.38 bits per heavy atom. The van der Waals surface area contributed by atoms with E-state index in [-0.39, 0.29) is 11.1 Å². The molecule has 0 heterocycles. The third kappa shape index (κ3) is 1.98. The summed E-state index contributed by atoms with van der Waals surface area (Å²) in [6.07, 6.45) is 0. The quantitative estimate of drug-likeness (QED) is 0.822. The van der Waals surface area contributed by atoms with Crippen LogP contribution in [0.2, 0.25) is 0 Å². The van der Waals surface area contributed by atoms with E-state index in [1.807, 2.05) is 6.07 Å². The van der Waals surface area contributed by atoms with Gasteiger partial charge in [-0.25, -0.2) is 0 Å². The van der Waals surface area contributed by atoms with E-state index < -0.39 is 5.60 Å². The summed E-state index contributed by atoms with van der Waals surface area (Å²) in [5, 5.41) is 10.2. The Bertz CT molecular complexity index is 297. The lowest BCUT2D eigenvalue weighted by Gasteiger charge is -2.22. The van der Waals surface area contributed by atoms with Gasteiger partial charge in [0.2, 0.25) is 0 Å². The van der Waals surface area contributed by atoms with Gasteiger partial charge in [-0.3, -0.25) is 4.79 Å². The molecule has 13 heavy (non-hydrogen) atoms. The van der Waals surface area contributed by atoms with Crippen LogP contribution in [-0.2, 0) is 10.4 Å². The van der Waals surface area contributed by atoms with Crippen LogP contribution < -0.4 is 0 Å². The largest absolute Gasteiger partial charge is 0.376 e. The van der Waals surface area contributed by atoms with Crippen molar-refractivity contribution in [2.75, 3.05) is 5.33 Å². The fourth-order valence-corrected chi connectivity index (χ4v) is 1.81. The van der Waals surface area contributed by atoms with Crippen LogP contribution in [0.4, 0.5) is 0 Å². The Morgan fingerprint density at radius 2 is 2.00 bits per heavy atom. The van der Waals surface area contributed by atoms with Crippen molar-refractivity contribution >= 4 is 21.7 Å². The average Bonchev–Trinajstić information content (AvgIpc) is 2.17. The number of aliphatic hydroxyl groups is 1. The highest BCUT2D eigenvalue weighted by Gasteiger charge is 2.32. The van der Waals surface area contributed by atoms with Crippen molar-refractivity contribution in [2.45, 2.75) is 12.5 Å². The molecule has 0 aliphatic heterocycles. The Balaban J connectivity index is 3.11. The Morgan fingerprint density at radius 1 is 1.46 bits per heavy atom. The number of ketones is 1. The van der Waals surface area contributed by atoms with Gasteiger partial charge in [0, 0.05) is 5.33 Å². The van der Waals surface area contributed by atoms with Crippen molar-refractivity contribution in [1.29, 1.82) is 0 Å². The second-order valence-corrected chi connectivity index (χ2v) is 3.48.